The molecule has 0 aliphatic carbocycles. The molecule has 0 aliphatic heterocycles. The van der Waals surface area contributed by atoms with E-state index in [1.165, 1.54) is 19.3 Å². The van der Waals surface area contributed by atoms with E-state index in [1.54, 1.807) is 0 Å². The summed E-state index contributed by atoms with van der Waals surface area (Å²) < 4.78 is 55.2. The Morgan fingerprint density at radius 2 is 1.12 bits per heavy atom. The minimum absolute atomic E-state index is 0.0684. The van der Waals surface area contributed by atoms with Crippen molar-refractivity contribution < 1.29 is 27.4 Å². The van der Waals surface area contributed by atoms with E-state index in [0.717, 1.165) is 25.7 Å². The van der Waals surface area contributed by atoms with Crippen LogP contribution in [0.15, 0.2) is 0 Å². The van der Waals surface area contributed by atoms with Crippen LogP contribution in [0.2, 0.25) is 0 Å². The molecule has 0 aromatic rings. The van der Waals surface area contributed by atoms with Gasteiger partial charge in [-0.2, -0.15) is 13.2 Å². The molecule has 0 fully saturated rings. The van der Waals surface area contributed by atoms with Gasteiger partial charge >= 0.3 is 6.18 Å². The molecule has 0 spiro atoms. The Morgan fingerprint density at radius 3 is 1.58 bits per heavy atom. The van der Waals surface area contributed by atoms with Gasteiger partial charge in [-0.15, -0.1) is 0 Å². The molecule has 26 heavy (non-hydrogen) atoms. The van der Waals surface area contributed by atoms with Crippen LogP contribution in [-0.4, -0.2) is 32.0 Å². The SMILES string of the molecule is CCCCCCCCC(CCCC(F)(F)F)C(OCC)(OCC)OCC. The largest absolute Gasteiger partial charge is 0.389 e. The highest BCUT2D eigenvalue weighted by Crippen LogP contribution is 2.35. The summed E-state index contributed by atoms with van der Waals surface area (Å²) in [6.07, 6.45) is 3.13. The van der Waals surface area contributed by atoms with E-state index in [4.69, 9.17) is 14.2 Å². The Hall–Kier alpha value is -0.330. The molecular formula is C20H39F3O3. The molecule has 1 atom stereocenters. The molecule has 0 amide bonds. The number of hydrogen-bond donors (Lipinski definition) is 0. The van der Waals surface area contributed by atoms with Crippen molar-refractivity contribution in [3.63, 3.8) is 0 Å². The molecule has 0 heterocycles. The Labute approximate surface area is 158 Å². The van der Waals surface area contributed by atoms with Crippen molar-refractivity contribution in [1.82, 2.24) is 0 Å². The van der Waals surface area contributed by atoms with E-state index in [0.29, 0.717) is 26.2 Å². The van der Waals surface area contributed by atoms with Crippen molar-refractivity contribution in [2.24, 2.45) is 5.92 Å². The average Bonchev–Trinajstić information content (AvgIpc) is 2.56. The average molecular weight is 385 g/mol. The molecule has 1 unspecified atom stereocenters. The monoisotopic (exact) mass is 384 g/mol. The third-order valence-corrected chi connectivity index (χ3v) is 4.46. The Kier molecular flexibility index (Phi) is 14.5. The first-order valence-corrected chi connectivity index (χ1v) is 10.3. The molecule has 0 N–H and O–H groups in total. The van der Waals surface area contributed by atoms with E-state index >= 15 is 0 Å². The minimum atomic E-state index is -4.13. The molecule has 6 heteroatoms. The van der Waals surface area contributed by atoms with Crippen LogP contribution < -0.4 is 0 Å². The van der Waals surface area contributed by atoms with E-state index < -0.39 is 18.6 Å². The molecule has 0 aromatic heterocycles. The number of ether oxygens (including phenoxy) is 3. The topological polar surface area (TPSA) is 27.7 Å². The van der Waals surface area contributed by atoms with Gasteiger partial charge in [0.2, 0.25) is 0 Å². The van der Waals surface area contributed by atoms with Crippen molar-refractivity contribution >= 4 is 0 Å². The lowest BCUT2D eigenvalue weighted by Gasteiger charge is -2.39. The van der Waals surface area contributed by atoms with Crippen molar-refractivity contribution in [2.45, 2.75) is 104 Å². The second-order valence-electron chi connectivity index (χ2n) is 6.66. The molecule has 0 rings (SSSR count). The molecule has 158 valence electrons. The lowest BCUT2D eigenvalue weighted by molar-refractivity contribution is -0.403. The number of unbranched alkanes of at least 4 members (excludes halogenated alkanes) is 5. The fourth-order valence-corrected chi connectivity index (χ4v) is 3.30. The van der Waals surface area contributed by atoms with Crippen LogP contribution in [-0.2, 0) is 14.2 Å². The Bertz CT molecular complexity index is 305. The van der Waals surface area contributed by atoms with Crippen LogP contribution in [0.25, 0.3) is 0 Å². The Morgan fingerprint density at radius 1 is 0.654 bits per heavy atom. The van der Waals surface area contributed by atoms with Gasteiger partial charge in [0.05, 0.1) is 0 Å². The summed E-state index contributed by atoms with van der Waals surface area (Å²) in [4.78, 5) is 0. The molecule has 0 saturated heterocycles. The number of alkyl halides is 3. The van der Waals surface area contributed by atoms with Crippen molar-refractivity contribution in [3.8, 4) is 0 Å². The smallest absolute Gasteiger partial charge is 0.328 e. The first-order chi connectivity index (χ1) is 12.3. The summed E-state index contributed by atoms with van der Waals surface area (Å²) in [6, 6.07) is 0. The van der Waals surface area contributed by atoms with E-state index in [9.17, 15) is 13.2 Å². The second kappa shape index (κ2) is 14.7. The van der Waals surface area contributed by atoms with Crippen LogP contribution in [0, 0.1) is 5.92 Å². The van der Waals surface area contributed by atoms with Gasteiger partial charge in [0.15, 0.2) is 0 Å². The standard InChI is InChI=1S/C20H39F3O3/c1-5-9-10-11-12-13-15-18(16-14-17-19(21,22)23)20(24-6-2,25-7-3)26-8-4/h18H,5-17H2,1-4H3. The molecule has 0 aliphatic rings. The first kappa shape index (κ1) is 25.7. The Balaban J connectivity index is 4.91. The van der Waals surface area contributed by atoms with Gasteiger partial charge < -0.3 is 14.2 Å². The molecule has 0 aromatic carbocycles. The van der Waals surface area contributed by atoms with Crippen LogP contribution in [0.1, 0.15) is 91.9 Å². The summed E-state index contributed by atoms with van der Waals surface area (Å²) in [5.74, 6) is -1.43. The van der Waals surface area contributed by atoms with Crippen molar-refractivity contribution in [1.29, 1.82) is 0 Å². The maximum absolute atomic E-state index is 12.6. The third kappa shape index (κ3) is 11.4. The van der Waals surface area contributed by atoms with Crippen molar-refractivity contribution in [2.75, 3.05) is 19.8 Å². The highest BCUT2D eigenvalue weighted by atomic mass is 19.4. The third-order valence-electron chi connectivity index (χ3n) is 4.46. The molecule has 0 bridgehead atoms. The lowest BCUT2D eigenvalue weighted by Crippen LogP contribution is -2.47. The summed E-state index contributed by atoms with van der Waals surface area (Å²) in [5.41, 5.74) is 0. The number of rotatable bonds is 17. The van der Waals surface area contributed by atoms with Gasteiger partial charge in [-0.3, -0.25) is 0 Å². The van der Waals surface area contributed by atoms with Gasteiger partial charge in [-0.25, -0.2) is 0 Å². The zero-order valence-electron chi connectivity index (χ0n) is 17.1. The summed E-state index contributed by atoms with van der Waals surface area (Å²) in [7, 11) is 0. The number of halogens is 3. The van der Waals surface area contributed by atoms with Gasteiger partial charge in [0.1, 0.15) is 0 Å². The highest BCUT2D eigenvalue weighted by Gasteiger charge is 2.42. The summed E-state index contributed by atoms with van der Waals surface area (Å²) in [6.45, 7) is 8.92. The zero-order valence-corrected chi connectivity index (χ0v) is 17.1. The predicted octanol–water partition coefficient (Wildman–Crippen LogP) is 6.85. The van der Waals surface area contributed by atoms with Gasteiger partial charge in [0, 0.05) is 32.2 Å². The van der Waals surface area contributed by atoms with Crippen LogP contribution >= 0.6 is 0 Å². The zero-order chi connectivity index (χ0) is 19.9. The fraction of sp³-hybridized carbons (Fsp3) is 1.00. The van der Waals surface area contributed by atoms with Gasteiger partial charge in [-0.1, -0.05) is 45.4 Å². The molecule has 0 saturated carbocycles. The van der Waals surface area contributed by atoms with Crippen LogP contribution in [0.4, 0.5) is 13.2 Å². The fourth-order valence-electron chi connectivity index (χ4n) is 3.30. The van der Waals surface area contributed by atoms with E-state index in [2.05, 4.69) is 6.92 Å². The molecule has 0 radical (unpaired) electrons. The summed E-state index contributed by atoms with van der Waals surface area (Å²) in [5, 5.41) is 0. The minimum Gasteiger partial charge on any atom is -0.328 e. The number of hydrogen-bond acceptors (Lipinski definition) is 3. The lowest BCUT2D eigenvalue weighted by atomic mass is 9.92. The normalized spacial score (nSPS) is 14.0. The molecule has 3 nitrogen and oxygen atoms in total. The highest BCUT2D eigenvalue weighted by molar-refractivity contribution is 4.73. The van der Waals surface area contributed by atoms with Crippen molar-refractivity contribution in [3.05, 3.63) is 0 Å². The van der Waals surface area contributed by atoms with E-state index in [1.807, 2.05) is 20.8 Å². The quantitative estimate of drug-likeness (QED) is 0.203. The van der Waals surface area contributed by atoms with Crippen LogP contribution in [0.3, 0.4) is 0 Å². The van der Waals surface area contributed by atoms with Crippen LogP contribution in [0.5, 0.6) is 0 Å². The van der Waals surface area contributed by atoms with E-state index in [-0.39, 0.29) is 12.3 Å². The van der Waals surface area contributed by atoms with Gasteiger partial charge in [-0.05, 0) is 40.0 Å². The van der Waals surface area contributed by atoms with Gasteiger partial charge in [0.25, 0.3) is 5.97 Å². The molecular weight excluding hydrogens is 345 g/mol. The first-order valence-electron chi connectivity index (χ1n) is 10.3. The maximum Gasteiger partial charge on any atom is 0.389 e. The second-order valence-corrected chi connectivity index (χ2v) is 6.66. The maximum atomic E-state index is 12.6. The summed E-state index contributed by atoms with van der Waals surface area (Å²) >= 11 is 0. The predicted molar refractivity (Wildman–Crippen MR) is 99.0 cm³/mol.